The predicted octanol–water partition coefficient (Wildman–Crippen LogP) is 3.27. The van der Waals surface area contributed by atoms with Gasteiger partial charge in [0.15, 0.2) is 5.13 Å². The van der Waals surface area contributed by atoms with Gasteiger partial charge in [-0.3, -0.25) is 4.79 Å². The molecule has 2 aliphatic rings. The van der Waals surface area contributed by atoms with E-state index < -0.39 is 0 Å². The minimum absolute atomic E-state index is 0.149. The van der Waals surface area contributed by atoms with Crippen molar-refractivity contribution in [3.05, 3.63) is 24.0 Å². The number of halogens is 1. The zero-order chi connectivity index (χ0) is 15.8. The highest BCUT2D eigenvalue weighted by molar-refractivity contribution is 7.22. The van der Waals surface area contributed by atoms with Crippen LogP contribution in [-0.4, -0.2) is 42.0 Å². The molecule has 0 aliphatic carbocycles. The van der Waals surface area contributed by atoms with Crippen molar-refractivity contribution in [1.29, 1.82) is 0 Å². The predicted molar refractivity (Wildman–Crippen MR) is 90.3 cm³/mol. The molecule has 1 aromatic carbocycles. The molecule has 2 saturated heterocycles. The SMILES string of the molecule is O=C(C1CCN(c2nc3c(F)cccc3s2)CC1)N1CCCC1. The number of thiazole rings is 1. The third kappa shape index (κ3) is 2.80. The van der Waals surface area contributed by atoms with Crippen molar-refractivity contribution in [3.63, 3.8) is 0 Å². The Labute approximate surface area is 138 Å². The third-order valence-electron chi connectivity index (χ3n) is 4.89. The summed E-state index contributed by atoms with van der Waals surface area (Å²) in [7, 11) is 0. The van der Waals surface area contributed by atoms with E-state index in [2.05, 4.69) is 9.88 Å². The van der Waals surface area contributed by atoms with Gasteiger partial charge in [0.2, 0.25) is 5.91 Å². The fourth-order valence-corrected chi connectivity index (χ4v) is 4.58. The van der Waals surface area contributed by atoms with Gasteiger partial charge in [0, 0.05) is 32.1 Å². The maximum Gasteiger partial charge on any atom is 0.225 e. The van der Waals surface area contributed by atoms with Crippen molar-refractivity contribution in [2.45, 2.75) is 25.7 Å². The second-order valence-corrected chi connectivity index (χ2v) is 7.39. The van der Waals surface area contributed by atoms with Crippen LogP contribution < -0.4 is 4.90 Å². The number of carbonyl (C=O) groups excluding carboxylic acids is 1. The van der Waals surface area contributed by atoms with Crippen LogP contribution in [-0.2, 0) is 4.79 Å². The third-order valence-corrected chi connectivity index (χ3v) is 5.97. The largest absolute Gasteiger partial charge is 0.348 e. The van der Waals surface area contributed by atoms with E-state index in [1.54, 1.807) is 6.07 Å². The number of hydrogen-bond donors (Lipinski definition) is 0. The number of anilines is 1. The first-order valence-corrected chi connectivity index (χ1v) is 9.13. The van der Waals surface area contributed by atoms with Gasteiger partial charge in [-0.25, -0.2) is 9.37 Å². The summed E-state index contributed by atoms with van der Waals surface area (Å²) in [5, 5.41) is 0.872. The summed E-state index contributed by atoms with van der Waals surface area (Å²) in [6, 6.07) is 5.08. The van der Waals surface area contributed by atoms with Crippen LogP contribution in [0, 0.1) is 11.7 Å². The first-order valence-electron chi connectivity index (χ1n) is 8.31. The van der Waals surface area contributed by atoms with Crippen molar-refractivity contribution in [3.8, 4) is 0 Å². The normalized spacial score (nSPS) is 19.7. The molecule has 2 fully saturated rings. The van der Waals surface area contributed by atoms with Crippen molar-refractivity contribution in [2.24, 2.45) is 5.92 Å². The van der Waals surface area contributed by atoms with E-state index in [9.17, 15) is 9.18 Å². The lowest BCUT2D eigenvalue weighted by Crippen LogP contribution is -2.41. The van der Waals surface area contributed by atoms with Gasteiger partial charge in [-0.05, 0) is 37.8 Å². The summed E-state index contributed by atoms with van der Waals surface area (Å²) in [6.07, 6.45) is 4.02. The number of fused-ring (bicyclic) bond motifs is 1. The molecular formula is C17H20FN3OS. The molecule has 0 saturated carbocycles. The fraction of sp³-hybridized carbons (Fsp3) is 0.529. The van der Waals surface area contributed by atoms with Crippen LogP contribution in [0.5, 0.6) is 0 Å². The number of amides is 1. The lowest BCUT2D eigenvalue weighted by molar-refractivity contribution is -0.135. The summed E-state index contributed by atoms with van der Waals surface area (Å²) in [4.78, 5) is 21.1. The van der Waals surface area contributed by atoms with E-state index in [4.69, 9.17) is 0 Å². The second kappa shape index (κ2) is 6.07. The minimum Gasteiger partial charge on any atom is -0.348 e. The van der Waals surface area contributed by atoms with Crippen molar-refractivity contribution in [2.75, 3.05) is 31.1 Å². The maximum absolute atomic E-state index is 13.8. The van der Waals surface area contributed by atoms with Crippen molar-refractivity contribution < 1.29 is 9.18 Å². The highest BCUT2D eigenvalue weighted by Gasteiger charge is 2.30. The fourth-order valence-electron chi connectivity index (χ4n) is 3.55. The van der Waals surface area contributed by atoms with Crippen molar-refractivity contribution in [1.82, 2.24) is 9.88 Å². The molecule has 4 nitrogen and oxygen atoms in total. The van der Waals surface area contributed by atoms with Crippen LogP contribution in [0.2, 0.25) is 0 Å². The first kappa shape index (κ1) is 14.9. The van der Waals surface area contributed by atoms with E-state index in [-0.39, 0.29) is 11.7 Å². The quantitative estimate of drug-likeness (QED) is 0.846. The molecule has 2 aromatic rings. The number of likely N-dealkylation sites (tertiary alicyclic amines) is 1. The molecule has 0 bridgehead atoms. The summed E-state index contributed by atoms with van der Waals surface area (Å²) >= 11 is 1.53. The first-order chi connectivity index (χ1) is 11.2. The summed E-state index contributed by atoms with van der Waals surface area (Å²) < 4.78 is 14.7. The van der Waals surface area contributed by atoms with E-state index in [1.165, 1.54) is 17.4 Å². The zero-order valence-corrected chi connectivity index (χ0v) is 13.8. The number of carbonyl (C=O) groups is 1. The summed E-state index contributed by atoms with van der Waals surface area (Å²) in [5.74, 6) is 0.219. The highest BCUT2D eigenvalue weighted by atomic mass is 32.1. The van der Waals surface area contributed by atoms with E-state index in [0.717, 1.165) is 61.7 Å². The number of nitrogens with zero attached hydrogens (tertiary/aromatic N) is 3. The van der Waals surface area contributed by atoms with E-state index in [1.807, 2.05) is 11.0 Å². The molecule has 3 heterocycles. The van der Waals surface area contributed by atoms with Crippen molar-refractivity contribution >= 4 is 32.6 Å². The van der Waals surface area contributed by atoms with Gasteiger partial charge in [0.1, 0.15) is 11.3 Å². The second-order valence-electron chi connectivity index (χ2n) is 6.38. The molecule has 0 radical (unpaired) electrons. The standard InChI is InChI=1S/C17H20FN3OS/c18-13-4-3-5-14-15(13)19-17(23-14)21-10-6-12(7-11-21)16(22)20-8-1-2-9-20/h3-5,12H,1-2,6-11H2. The molecule has 0 spiro atoms. The van der Waals surface area contributed by atoms with Crippen LogP contribution >= 0.6 is 11.3 Å². The molecule has 6 heteroatoms. The molecule has 23 heavy (non-hydrogen) atoms. The maximum atomic E-state index is 13.8. The molecule has 0 unspecified atom stereocenters. The Morgan fingerprint density at radius 3 is 2.61 bits per heavy atom. The number of hydrogen-bond acceptors (Lipinski definition) is 4. The Kier molecular flexibility index (Phi) is 3.93. The Bertz CT molecular complexity index is 718. The van der Waals surface area contributed by atoms with Gasteiger partial charge in [-0.2, -0.15) is 0 Å². The number of aromatic nitrogens is 1. The molecular weight excluding hydrogens is 313 g/mol. The lowest BCUT2D eigenvalue weighted by atomic mass is 9.95. The van der Waals surface area contributed by atoms with Gasteiger partial charge < -0.3 is 9.80 Å². The molecule has 1 aromatic heterocycles. The van der Waals surface area contributed by atoms with Crippen LogP contribution in [0.1, 0.15) is 25.7 Å². The number of piperidine rings is 1. The molecule has 0 atom stereocenters. The van der Waals surface area contributed by atoms with Gasteiger partial charge in [-0.1, -0.05) is 17.4 Å². The zero-order valence-electron chi connectivity index (χ0n) is 13.0. The Morgan fingerprint density at radius 1 is 1.17 bits per heavy atom. The van der Waals surface area contributed by atoms with E-state index >= 15 is 0 Å². The van der Waals surface area contributed by atoms with E-state index in [0.29, 0.717) is 11.4 Å². The molecule has 0 N–H and O–H groups in total. The minimum atomic E-state index is -0.260. The van der Waals surface area contributed by atoms with Crippen LogP contribution in [0.3, 0.4) is 0 Å². The number of benzene rings is 1. The smallest absolute Gasteiger partial charge is 0.225 e. The molecule has 122 valence electrons. The molecule has 2 aliphatic heterocycles. The summed E-state index contributed by atoms with van der Waals surface area (Å²) in [5.41, 5.74) is 0.461. The van der Waals surface area contributed by atoms with Crippen LogP contribution in [0.15, 0.2) is 18.2 Å². The molecule has 1 amide bonds. The highest BCUT2D eigenvalue weighted by Crippen LogP contribution is 2.33. The van der Waals surface area contributed by atoms with Gasteiger partial charge in [0.25, 0.3) is 0 Å². The van der Waals surface area contributed by atoms with Crippen LogP contribution in [0.25, 0.3) is 10.2 Å². The van der Waals surface area contributed by atoms with Gasteiger partial charge in [0.05, 0.1) is 4.70 Å². The molecule has 4 rings (SSSR count). The van der Waals surface area contributed by atoms with Gasteiger partial charge in [-0.15, -0.1) is 0 Å². The number of para-hydroxylation sites is 1. The average Bonchev–Trinajstić information content (AvgIpc) is 3.24. The summed E-state index contributed by atoms with van der Waals surface area (Å²) in [6.45, 7) is 3.50. The topological polar surface area (TPSA) is 36.4 Å². The Balaban J connectivity index is 1.44. The van der Waals surface area contributed by atoms with Gasteiger partial charge >= 0.3 is 0 Å². The Morgan fingerprint density at radius 2 is 1.91 bits per heavy atom. The average molecular weight is 333 g/mol. The Hall–Kier alpha value is -1.69. The number of rotatable bonds is 2. The van der Waals surface area contributed by atoms with Crippen LogP contribution in [0.4, 0.5) is 9.52 Å². The monoisotopic (exact) mass is 333 g/mol. The lowest BCUT2D eigenvalue weighted by Gasteiger charge is -2.32.